The second-order valence-corrected chi connectivity index (χ2v) is 17.9. The van der Waals surface area contributed by atoms with Crippen LogP contribution in [0.5, 0.6) is 0 Å². The molecule has 0 bridgehead atoms. The predicted octanol–water partition coefficient (Wildman–Crippen LogP) is 6.10. The molecule has 0 radical (unpaired) electrons. The lowest BCUT2D eigenvalue weighted by atomic mass is 10.1. The molecule has 484 valence electrons. The number of rotatable bonds is 32. The fraction of sp³-hybridized carbons (Fsp3) is 0.429. The van der Waals surface area contributed by atoms with E-state index in [0.717, 1.165) is 11.6 Å². The van der Waals surface area contributed by atoms with E-state index in [1.165, 1.54) is 39.0 Å². The van der Waals surface area contributed by atoms with Crippen molar-refractivity contribution in [2.24, 2.45) is 0 Å². The highest BCUT2D eigenvalue weighted by molar-refractivity contribution is 6.17. The molecule has 32 heteroatoms. The van der Waals surface area contributed by atoms with Crippen LogP contribution in [-0.2, 0) is 130 Å². The number of halogens is 2. The molecule has 30 nitrogen and oxygen atoms in total. The van der Waals surface area contributed by atoms with E-state index in [4.69, 9.17) is 61.8 Å². The van der Waals surface area contributed by atoms with Crippen LogP contribution in [0.25, 0.3) is 0 Å². The van der Waals surface area contributed by atoms with Gasteiger partial charge in [0, 0.05) is 45.9 Å². The Morgan fingerprint density at radius 2 is 0.795 bits per heavy atom. The van der Waals surface area contributed by atoms with Crippen molar-refractivity contribution >= 4 is 106 Å². The van der Waals surface area contributed by atoms with Gasteiger partial charge in [-0.2, -0.15) is 0 Å². The summed E-state index contributed by atoms with van der Waals surface area (Å²) in [6.45, 7) is 17.8. The molecule has 0 aromatic heterocycles. The fourth-order valence-electron chi connectivity index (χ4n) is 5.20. The van der Waals surface area contributed by atoms with Crippen molar-refractivity contribution in [2.75, 3.05) is 52.9 Å². The molecule has 3 rings (SSSR count). The normalized spacial score (nSPS) is 10.6. The average Bonchev–Trinajstić information content (AvgIpc) is 3.07. The highest BCUT2D eigenvalue weighted by Crippen LogP contribution is 2.24. The van der Waals surface area contributed by atoms with Gasteiger partial charge in [-0.3, -0.25) is 58.6 Å². The second kappa shape index (κ2) is 46.8. The molecule has 0 spiro atoms. The number of hydrogen-bond donors (Lipinski definition) is 2. The molecule has 1 saturated heterocycles. The van der Waals surface area contributed by atoms with Crippen molar-refractivity contribution in [2.45, 2.75) is 104 Å². The Morgan fingerprint density at radius 1 is 0.477 bits per heavy atom. The molecule has 88 heavy (non-hydrogen) atoms. The summed E-state index contributed by atoms with van der Waals surface area (Å²) in [5.41, 5.74) is 2.22. The molecule has 2 aromatic rings. The number of carboxylic acid groups (broad SMARTS) is 1. The Kier molecular flexibility index (Phi) is 42.9. The van der Waals surface area contributed by atoms with Crippen molar-refractivity contribution in [3.05, 3.63) is 127 Å². The number of carbonyl (C=O) groups excluding carboxylic acids is 11. The molecule has 1 heterocycles. The number of carboxylic acids is 1. The molecule has 0 aliphatic carbocycles. The Bertz CT molecular complexity index is 2810. The van der Waals surface area contributed by atoms with E-state index in [9.17, 15) is 77.8 Å². The van der Waals surface area contributed by atoms with Crippen LogP contribution in [0, 0.1) is 20.2 Å². The van der Waals surface area contributed by atoms with Gasteiger partial charge in [-0.05, 0) is 44.9 Å². The molecule has 1 aliphatic heterocycles. The maximum atomic E-state index is 12.0. The van der Waals surface area contributed by atoms with Crippen LogP contribution in [0.15, 0.2) is 85.0 Å². The SMILES string of the molecule is C=C(C)C(=O)OCCO.C=C(C)C(=O)OCCOC(=O)CCC(=O)O.C=C(C)C(=O)OCCOC(=O)CCC(=O)OCc1ccc(COC(=O)CCC(=O)OCCOC(=O)C(=C)C)c([N+](=O)[O-])c1.O=C1CCC(=O)O1.O=[N+]([O-])c1cc(CCl)ccc1CCl. The summed E-state index contributed by atoms with van der Waals surface area (Å²) in [4.78, 5) is 153. The van der Waals surface area contributed by atoms with E-state index in [1.807, 2.05) is 0 Å². The van der Waals surface area contributed by atoms with Gasteiger partial charge in [0.1, 0.15) is 59.5 Å². The number of aliphatic hydroxyl groups is 1. The Hall–Kier alpha value is -9.42. The third kappa shape index (κ3) is 40.8. The van der Waals surface area contributed by atoms with Gasteiger partial charge in [-0.15, -0.1) is 23.2 Å². The maximum Gasteiger partial charge on any atom is 0.333 e. The van der Waals surface area contributed by atoms with Gasteiger partial charge in [0.2, 0.25) is 0 Å². The number of hydrogen-bond acceptors (Lipinski definition) is 27. The summed E-state index contributed by atoms with van der Waals surface area (Å²) in [7, 11) is 0. The number of aliphatic carboxylic acids is 1. The molecule has 0 saturated carbocycles. The molecule has 2 aromatic carbocycles. The average molecular weight is 1290 g/mol. The second-order valence-electron chi connectivity index (χ2n) is 17.3. The summed E-state index contributed by atoms with van der Waals surface area (Å²) < 4.78 is 47.1. The summed E-state index contributed by atoms with van der Waals surface area (Å²) in [5, 5.41) is 38.5. The summed E-state index contributed by atoms with van der Waals surface area (Å²) >= 11 is 11.1. The first kappa shape index (κ1) is 80.6. The van der Waals surface area contributed by atoms with Crippen molar-refractivity contribution in [3.63, 3.8) is 0 Å². The maximum absolute atomic E-state index is 12.0. The number of alkyl halides is 2. The van der Waals surface area contributed by atoms with E-state index in [-0.39, 0.29) is 162 Å². The zero-order chi connectivity index (χ0) is 67.3. The minimum Gasteiger partial charge on any atom is -0.481 e. The van der Waals surface area contributed by atoms with E-state index >= 15 is 0 Å². The standard InChI is InChI=1S/C28H33NO14.C10H14O6.C8H7Cl2NO2.C6H10O3.C4H4O3/c1-18(2)27(34)40-13-11-38-23(30)7-9-25(32)42-16-20-5-6-21(22(15-20)29(36)37)17-43-26(33)10-8-24(31)39-12-14-41-28(35)19(3)4;1-7(2)10(14)16-6-5-15-9(13)4-3-8(11)12;9-4-6-1-2-7(5-10)8(3-6)11(12)13;1-5(2)6(8)9-4-3-7;5-3-1-2-4(6)7-3/h5-6,15H,1,3,7-14,16-17H2,2,4H3;1,3-6H2,2H3,(H,11,12);1-3H,4-5H2;7H,1,3-4H2,2H3;1-2H2. The van der Waals surface area contributed by atoms with Gasteiger partial charge < -0.3 is 57.6 Å². The topological polar surface area (TPSA) is 424 Å². The number of nitro groups is 2. The fourth-order valence-corrected chi connectivity index (χ4v) is 5.59. The first-order chi connectivity index (χ1) is 41.4. The van der Waals surface area contributed by atoms with Crippen LogP contribution >= 0.6 is 23.2 Å². The molecule has 1 fully saturated rings. The van der Waals surface area contributed by atoms with Crippen molar-refractivity contribution < 1.29 is 125 Å². The minimum atomic E-state index is -1.06. The minimum absolute atomic E-state index is 0.0353. The smallest absolute Gasteiger partial charge is 0.333 e. The first-order valence-corrected chi connectivity index (χ1v) is 26.7. The molecule has 0 amide bonds. The Morgan fingerprint density at radius 3 is 1.12 bits per heavy atom. The van der Waals surface area contributed by atoms with Crippen LogP contribution in [0.4, 0.5) is 11.4 Å². The van der Waals surface area contributed by atoms with Crippen LogP contribution in [0.1, 0.15) is 101 Å². The largest absolute Gasteiger partial charge is 0.481 e. The van der Waals surface area contributed by atoms with Gasteiger partial charge in [0.05, 0.1) is 79.3 Å². The number of cyclic esters (lactones) is 2. The van der Waals surface area contributed by atoms with E-state index in [2.05, 4.69) is 45.3 Å². The molecule has 0 unspecified atom stereocenters. The third-order valence-electron chi connectivity index (χ3n) is 9.61. The number of benzene rings is 2. The number of esters is 11. The third-order valence-corrected chi connectivity index (χ3v) is 10.2. The van der Waals surface area contributed by atoms with Gasteiger partial charge in [-0.25, -0.2) is 19.2 Å². The number of aliphatic hydroxyl groups excluding tert-OH is 1. The highest BCUT2D eigenvalue weighted by atomic mass is 35.5. The quantitative estimate of drug-likeness (QED) is 0.0122. The summed E-state index contributed by atoms with van der Waals surface area (Å²) in [6, 6.07) is 8.72. The van der Waals surface area contributed by atoms with Crippen LogP contribution in [-0.4, -0.2) is 145 Å². The van der Waals surface area contributed by atoms with Gasteiger partial charge in [-0.1, -0.05) is 44.5 Å². The van der Waals surface area contributed by atoms with Crippen LogP contribution in [0.2, 0.25) is 0 Å². The number of ether oxygens (including phenoxy) is 10. The van der Waals surface area contributed by atoms with Crippen LogP contribution in [0.3, 0.4) is 0 Å². The predicted molar refractivity (Wildman–Crippen MR) is 304 cm³/mol. The molecular formula is C56H68Cl2N2O28. The van der Waals surface area contributed by atoms with Crippen molar-refractivity contribution in [1.82, 2.24) is 0 Å². The van der Waals surface area contributed by atoms with E-state index in [0.29, 0.717) is 11.1 Å². The Labute approximate surface area is 513 Å². The van der Waals surface area contributed by atoms with E-state index < -0.39 is 88.1 Å². The van der Waals surface area contributed by atoms with Gasteiger partial charge in [0.15, 0.2) is 0 Å². The molecule has 1 aliphatic rings. The Balaban J connectivity index is 0. The lowest BCUT2D eigenvalue weighted by Crippen LogP contribution is -2.15. The lowest BCUT2D eigenvalue weighted by Gasteiger charge is -2.09. The number of nitrogens with zero attached hydrogens (tertiary/aromatic N) is 2. The zero-order valence-electron chi connectivity index (χ0n) is 48.6. The highest BCUT2D eigenvalue weighted by Gasteiger charge is 2.21. The zero-order valence-corrected chi connectivity index (χ0v) is 50.1. The molecule has 0 atom stereocenters. The summed E-state index contributed by atoms with van der Waals surface area (Å²) in [5.74, 6) is -7.34. The summed E-state index contributed by atoms with van der Waals surface area (Å²) in [6.07, 6.45) is -1.20. The van der Waals surface area contributed by atoms with Crippen molar-refractivity contribution in [1.29, 1.82) is 0 Å². The van der Waals surface area contributed by atoms with E-state index in [1.54, 1.807) is 19.1 Å². The van der Waals surface area contributed by atoms with Crippen LogP contribution < -0.4 is 0 Å². The molecular weight excluding hydrogens is 1220 g/mol. The lowest BCUT2D eigenvalue weighted by molar-refractivity contribution is -0.386. The van der Waals surface area contributed by atoms with Crippen molar-refractivity contribution in [3.8, 4) is 0 Å². The number of carbonyl (C=O) groups is 12. The monoisotopic (exact) mass is 1290 g/mol. The first-order valence-electron chi connectivity index (χ1n) is 25.7. The number of nitro benzene ring substituents is 2. The molecule has 2 N–H and O–H groups in total. The van der Waals surface area contributed by atoms with Gasteiger partial charge >= 0.3 is 71.6 Å². The van der Waals surface area contributed by atoms with Gasteiger partial charge in [0.25, 0.3) is 11.4 Å².